The van der Waals surface area contributed by atoms with Crippen LogP contribution in [0.3, 0.4) is 0 Å². The number of anilines is 1. The van der Waals surface area contributed by atoms with Crippen molar-refractivity contribution in [1.29, 1.82) is 0 Å². The van der Waals surface area contributed by atoms with E-state index in [1.54, 1.807) is 43.7 Å². The van der Waals surface area contributed by atoms with Crippen molar-refractivity contribution in [2.45, 2.75) is 20.5 Å². The predicted molar refractivity (Wildman–Crippen MR) is 113 cm³/mol. The summed E-state index contributed by atoms with van der Waals surface area (Å²) in [5, 5.41) is 13.2. The standard InChI is InChI=1S/C22H22N4O4/c1-14-11-15(2)25-22(24-14)26-23-12-18-5-4-6-19(29-3)20(18)30-13-16-7-9-17(10-8-16)21(27)28/h4-12H,13H2,1-3H3,(H,27,28)(H,24,25,26)/b23-12+. The molecule has 2 N–H and O–H groups in total. The van der Waals surface area contributed by atoms with Crippen LogP contribution in [0.4, 0.5) is 5.95 Å². The summed E-state index contributed by atoms with van der Waals surface area (Å²) in [5.41, 5.74) is 6.28. The molecule has 2 aromatic carbocycles. The van der Waals surface area contributed by atoms with Crippen molar-refractivity contribution in [3.63, 3.8) is 0 Å². The fourth-order valence-electron chi connectivity index (χ4n) is 2.78. The minimum absolute atomic E-state index is 0.226. The third kappa shape index (κ3) is 5.32. The van der Waals surface area contributed by atoms with Crippen molar-refractivity contribution in [2.75, 3.05) is 12.5 Å². The van der Waals surface area contributed by atoms with Crippen LogP contribution < -0.4 is 14.9 Å². The smallest absolute Gasteiger partial charge is 0.335 e. The number of carboxylic acid groups (broad SMARTS) is 1. The van der Waals surface area contributed by atoms with Crippen LogP contribution in [0, 0.1) is 13.8 Å². The molecule has 0 radical (unpaired) electrons. The maximum absolute atomic E-state index is 11.0. The lowest BCUT2D eigenvalue weighted by Gasteiger charge is -2.13. The Bertz CT molecular complexity index is 1040. The molecule has 0 atom stereocenters. The van der Waals surface area contributed by atoms with Crippen LogP contribution in [0.15, 0.2) is 53.6 Å². The number of aromatic nitrogens is 2. The Hall–Kier alpha value is -3.94. The summed E-state index contributed by atoms with van der Waals surface area (Å²) in [5.74, 6) is 0.525. The van der Waals surface area contributed by atoms with Gasteiger partial charge in [-0.05, 0) is 49.7 Å². The van der Waals surface area contributed by atoms with Gasteiger partial charge in [0.25, 0.3) is 0 Å². The number of nitrogens with zero attached hydrogens (tertiary/aromatic N) is 3. The molecule has 1 heterocycles. The molecule has 0 saturated carbocycles. The highest BCUT2D eigenvalue weighted by molar-refractivity contribution is 5.87. The largest absolute Gasteiger partial charge is 0.493 e. The van der Waals surface area contributed by atoms with Crippen LogP contribution in [0.25, 0.3) is 0 Å². The van der Waals surface area contributed by atoms with Gasteiger partial charge in [0.1, 0.15) is 6.61 Å². The molecule has 1 aromatic heterocycles. The lowest BCUT2D eigenvalue weighted by atomic mass is 10.1. The SMILES string of the molecule is COc1cccc(/C=N/Nc2nc(C)cc(C)n2)c1OCc1ccc(C(=O)O)cc1. The summed E-state index contributed by atoms with van der Waals surface area (Å²) in [6.45, 7) is 4.02. The van der Waals surface area contributed by atoms with Crippen molar-refractivity contribution in [1.82, 2.24) is 9.97 Å². The molecule has 0 bridgehead atoms. The first kappa shape index (κ1) is 20.8. The number of methoxy groups -OCH3 is 1. The highest BCUT2D eigenvalue weighted by atomic mass is 16.5. The number of hydrogen-bond donors (Lipinski definition) is 2. The second-order valence-electron chi connectivity index (χ2n) is 6.51. The van der Waals surface area contributed by atoms with E-state index in [0.29, 0.717) is 23.0 Å². The normalized spacial score (nSPS) is 10.8. The molecule has 0 spiro atoms. The number of aryl methyl sites for hydroxylation is 2. The molecule has 8 nitrogen and oxygen atoms in total. The summed E-state index contributed by atoms with van der Waals surface area (Å²) < 4.78 is 11.4. The molecule has 3 rings (SSSR count). The minimum atomic E-state index is -0.967. The summed E-state index contributed by atoms with van der Waals surface area (Å²) in [6, 6.07) is 13.9. The van der Waals surface area contributed by atoms with Gasteiger partial charge in [-0.1, -0.05) is 18.2 Å². The lowest BCUT2D eigenvalue weighted by Crippen LogP contribution is -2.03. The molecule has 8 heteroatoms. The second-order valence-corrected chi connectivity index (χ2v) is 6.51. The van der Waals surface area contributed by atoms with Gasteiger partial charge in [-0.25, -0.2) is 20.2 Å². The van der Waals surface area contributed by atoms with Gasteiger partial charge in [0.05, 0.1) is 18.9 Å². The Kier molecular flexibility index (Phi) is 6.59. The number of hydrazone groups is 1. The number of para-hydroxylation sites is 1. The first-order chi connectivity index (χ1) is 14.5. The number of hydrogen-bond acceptors (Lipinski definition) is 7. The van der Waals surface area contributed by atoms with Crippen LogP contribution in [0.2, 0.25) is 0 Å². The van der Waals surface area contributed by atoms with E-state index in [1.807, 2.05) is 32.0 Å². The number of nitrogens with one attached hydrogen (secondary N) is 1. The van der Waals surface area contributed by atoms with Crippen molar-refractivity contribution in [3.05, 3.63) is 76.6 Å². The highest BCUT2D eigenvalue weighted by Crippen LogP contribution is 2.31. The molecule has 3 aromatic rings. The molecule has 0 fully saturated rings. The third-order valence-electron chi connectivity index (χ3n) is 4.16. The minimum Gasteiger partial charge on any atom is -0.493 e. The van der Waals surface area contributed by atoms with Crippen molar-refractivity contribution in [2.24, 2.45) is 5.10 Å². The zero-order chi connectivity index (χ0) is 21.5. The average Bonchev–Trinajstić information content (AvgIpc) is 2.72. The molecule has 0 aliphatic rings. The molecule has 0 unspecified atom stereocenters. The Morgan fingerprint density at radius 3 is 2.47 bits per heavy atom. The molecule has 0 aliphatic heterocycles. The van der Waals surface area contributed by atoms with E-state index in [-0.39, 0.29) is 12.2 Å². The van der Waals surface area contributed by atoms with Crippen molar-refractivity contribution < 1.29 is 19.4 Å². The van der Waals surface area contributed by atoms with Gasteiger partial charge in [-0.3, -0.25) is 0 Å². The maximum atomic E-state index is 11.0. The quantitative estimate of drug-likeness (QED) is 0.433. The van der Waals surface area contributed by atoms with E-state index in [2.05, 4.69) is 20.5 Å². The van der Waals surface area contributed by atoms with Gasteiger partial charge in [-0.15, -0.1) is 0 Å². The lowest BCUT2D eigenvalue weighted by molar-refractivity contribution is 0.0697. The van der Waals surface area contributed by atoms with Gasteiger partial charge in [0, 0.05) is 17.0 Å². The fourth-order valence-corrected chi connectivity index (χ4v) is 2.78. The zero-order valence-electron chi connectivity index (χ0n) is 16.9. The molecule has 0 amide bonds. The topological polar surface area (TPSA) is 106 Å². The van der Waals surface area contributed by atoms with Gasteiger partial charge >= 0.3 is 5.97 Å². The van der Waals surface area contributed by atoms with Crippen LogP contribution in [-0.2, 0) is 6.61 Å². The van der Waals surface area contributed by atoms with Crippen LogP contribution in [0.5, 0.6) is 11.5 Å². The number of ether oxygens (including phenoxy) is 2. The summed E-state index contributed by atoms with van der Waals surface area (Å²) >= 11 is 0. The number of benzene rings is 2. The number of carbonyl (C=O) groups is 1. The number of carboxylic acids is 1. The monoisotopic (exact) mass is 406 g/mol. The summed E-state index contributed by atoms with van der Waals surface area (Å²) in [7, 11) is 1.56. The van der Waals surface area contributed by atoms with Gasteiger partial charge < -0.3 is 14.6 Å². The molecular formula is C22H22N4O4. The first-order valence-corrected chi connectivity index (χ1v) is 9.19. The molecule has 0 aliphatic carbocycles. The van der Waals surface area contributed by atoms with E-state index in [1.165, 1.54) is 0 Å². The fraction of sp³-hybridized carbons (Fsp3) is 0.182. The van der Waals surface area contributed by atoms with E-state index >= 15 is 0 Å². The molecule has 30 heavy (non-hydrogen) atoms. The summed E-state index contributed by atoms with van der Waals surface area (Å²) in [4.78, 5) is 19.5. The first-order valence-electron chi connectivity index (χ1n) is 9.19. The Morgan fingerprint density at radius 2 is 1.83 bits per heavy atom. The average molecular weight is 406 g/mol. The molecular weight excluding hydrogens is 384 g/mol. The van der Waals surface area contributed by atoms with Gasteiger partial charge in [0.15, 0.2) is 11.5 Å². The van der Waals surface area contributed by atoms with Crippen LogP contribution in [0.1, 0.15) is 32.9 Å². The van der Waals surface area contributed by atoms with E-state index in [0.717, 1.165) is 17.0 Å². The van der Waals surface area contributed by atoms with Crippen molar-refractivity contribution >= 4 is 18.1 Å². The maximum Gasteiger partial charge on any atom is 0.335 e. The van der Waals surface area contributed by atoms with Crippen LogP contribution in [-0.4, -0.2) is 34.4 Å². The van der Waals surface area contributed by atoms with E-state index in [9.17, 15) is 4.79 Å². The highest BCUT2D eigenvalue weighted by Gasteiger charge is 2.10. The molecule has 0 saturated heterocycles. The Labute approximate surface area is 174 Å². The van der Waals surface area contributed by atoms with Gasteiger partial charge in [-0.2, -0.15) is 5.10 Å². The zero-order valence-corrected chi connectivity index (χ0v) is 16.9. The summed E-state index contributed by atoms with van der Waals surface area (Å²) in [6.07, 6.45) is 1.60. The van der Waals surface area contributed by atoms with Gasteiger partial charge in [0.2, 0.25) is 5.95 Å². The predicted octanol–water partition coefficient (Wildman–Crippen LogP) is 3.83. The van der Waals surface area contributed by atoms with E-state index < -0.39 is 5.97 Å². The third-order valence-corrected chi connectivity index (χ3v) is 4.16. The Balaban J connectivity index is 1.76. The Morgan fingerprint density at radius 1 is 1.13 bits per heavy atom. The van der Waals surface area contributed by atoms with E-state index in [4.69, 9.17) is 14.6 Å². The molecule has 154 valence electrons. The van der Waals surface area contributed by atoms with Crippen molar-refractivity contribution in [3.8, 4) is 11.5 Å². The van der Waals surface area contributed by atoms with Crippen LogP contribution >= 0.6 is 0 Å². The second kappa shape index (κ2) is 9.51. The number of rotatable bonds is 8. The number of aromatic carboxylic acids is 1.